The summed E-state index contributed by atoms with van der Waals surface area (Å²) < 4.78 is 0. The summed E-state index contributed by atoms with van der Waals surface area (Å²) >= 11 is 0. The molecule has 0 bridgehead atoms. The Kier molecular flexibility index (Phi) is 4.59. The second-order valence-corrected chi connectivity index (χ2v) is 5.99. The molecule has 0 spiro atoms. The van der Waals surface area contributed by atoms with Gasteiger partial charge in [-0.15, -0.1) is 0 Å². The second-order valence-electron chi connectivity index (χ2n) is 5.99. The molecule has 0 saturated carbocycles. The van der Waals surface area contributed by atoms with Crippen LogP contribution >= 0.6 is 0 Å². The number of piperidine rings is 1. The number of aromatic nitrogens is 2. The lowest BCUT2D eigenvalue weighted by atomic mass is 9.95. The van der Waals surface area contributed by atoms with Crippen LogP contribution in [0.25, 0.3) is 10.8 Å². The zero-order chi connectivity index (χ0) is 17.1. The molecule has 3 rings (SSSR count). The van der Waals surface area contributed by atoms with Crippen molar-refractivity contribution >= 4 is 22.6 Å². The van der Waals surface area contributed by atoms with Crippen LogP contribution in [0.5, 0.6) is 0 Å². The fourth-order valence-electron chi connectivity index (χ4n) is 3.16. The highest BCUT2D eigenvalue weighted by atomic mass is 16.2. The predicted molar refractivity (Wildman–Crippen MR) is 89.4 cm³/mol. The molecule has 126 valence electrons. The Morgan fingerprint density at radius 3 is 2.58 bits per heavy atom. The van der Waals surface area contributed by atoms with Gasteiger partial charge < -0.3 is 10.2 Å². The molecule has 1 aliphatic rings. The first-order valence-electron chi connectivity index (χ1n) is 8.06. The van der Waals surface area contributed by atoms with Crippen molar-refractivity contribution in [3.8, 4) is 0 Å². The number of hydrogen-bond donors (Lipinski definition) is 2. The third-order valence-electron chi connectivity index (χ3n) is 4.56. The number of carbonyl (C=O) groups excluding carboxylic acids is 2. The first-order valence-corrected chi connectivity index (χ1v) is 8.06. The van der Waals surface area contributed by atoms with Gasteiger partial charge in [-0.05, 0) is 18.9 Å². The highest BCUT2D eigenvalue weighted by Gasteiger charge is 2.27. The monoisotopic (exact) mass is 328 g/mol. The van der Waals surface area contributed by atoms with Gasteiger partial charge in [-0.1, -0.05) is 18.2 Å². The molecule has 7 nitrogen and oxygen atoms in total. The SMILES string of the molecule is CNC(=O)C1CCN(C(=O)Cc2n[nH]c(=O)c3ccccc23)CC1. The van der Waals surface area contributed by atoms with Crippen LogP contribution in [0.15, 0.2) is 29.1 Å². The number of rotatable bonds is 3. The lowest BCUT2D eigenvalue weighted by Crippen LogP contribution is -2.43. The van der Waals surface area contributed by atoms with Crippen LogP contribution in [-0.2, 0) is 16.0 Å². The van der Waals surface area contributed by atoms with E-state index in [1.165, 1.54) is 0 Å². The summed E-state index contributed by atoms with van der Waals surface area (Å²) in [5, 5.41) is 10.4. The van der Waals surface area contributed by atoms with Crippen molar-refractivity contribution in [3.63, 3.8) is 0 Å². The maximum absolute atomic E-state index is 12.5. The van der Waals surface area contributed by atoms with Crippen LogP contribution in [0.3, 0.4) is 0 Å². The van der Waals surface area contributed by atoms with E-state index >= 15 is 0 Å². The highest BCUT2D eigenvalue weighted by Crippen LogP contribution is 2.19. The van der Waals surface area contributed by atoms with Gasteiger partial charge in [0.25, 0.3) is 5.56 Å². The molecule has 0 aliphatic carbocycles. The fourth-order valence-corrected chi connectivity index (χ4v) is 3.16. The molecular weight excluding hydrogens is 308 g/mol. The molecule has 1 aliphatic heterocycles. The smallest absolute Gasteiger partial charge is 0.272 e. The Hall–Kier alpha value is -2.70. The van der Waals surface area contributed by atoms with Gasteiger partial charge in [0.2, 0.25) is 11.8 Å². The zero-order valence-electron chi connectivity index (χ0n) is 13.5. The minimum Gasteiger partial charge on any atom is -0.359 e. The molecule has 1 aromatic carbocycles. The summed E-state index contributed by atoms with van der Waals surface area (Å²) in [4.78, 5) is 37.8. The number of carbonyl (C=O) groups is 2. The minimum absolute atomic E-state index is 0.0221. The van der Waals surface area contributed by atoms with Crippen molar-refractivity contribution in [2.45, 2.75) is 19.3 Å². The molecule has 0 atom stereocenters. The molecule has 0 unspecified atom stereocenters. The van der Waals surface area contributed by atoms with Gasteiger partial charge in [0.05, 0.1) is 17.5 Å². The summed E-state index contributed by atoms with van der Waals surface area (Å²) in [6.45, 7) is 1.14. The molecule has 1 aromatic heterocycles. The second kappa shape index (κ2) is 6.82. The number of nitrogens with zero attached hydrogens (tertiary/aromatic N) is 2. The number of likely N-dealkylation sites (tertiary alicyclic amines) is 1. The first-order chi connectivity index (χ1) is 11.6. The summed E-state index contributed by atoms with van der Waals surface area (Å²) in [5.74, 6) is -0.0171. The predicted octanol–water partition coefficient (Wildman–Crippen LogP) is 0.450. The number of nitrogens with one attached hydrogen (secondary N) is 2. The van der Waals surface area contributed by atoms with Gasteiger partial charge in [0, 0.05) is 31.4 Å². The fraction of sp³-hybridized carbons (Fsp3) is 0.412. The van der Waals surface area contributed by atoms with Crippen molar-refractivity contribution in [1.29, 1.82) is 0 Å². The normalized spacial score (nSPS) is 15.5. The van der Waals surface area contributed by atoms with E-state index in [9.17, 15) is 14.4 Å². The molecule has 2 N–H and O–H groups in total. The minimum atomic E-state index is -0.256. The van der Waals surface area contributed by atoms with E-state index in [1.54, 1.807) is 30.1 Å². The molecule has 2 amide bonds. The number of aromatic amines is 1. The average Bonchev–Trinajstić information content (AvgIpc) is 2.63. The van der Waals surface area contributed by atoms with Crippen molar-refractivity contribution in [2.75, 3.05) is 20.1 Å². The number of hydrogen-bond acceptors (Lipinski definition) is 4. The van der Waals surface area contributed by atoms with E-state index in [0.717, 1.165) is 0 Å². The van der Waals surface area contributed by atoms with Crippen molar-refractivity contribution in [1.82, 2.24) is 20.4 Å². The number of fused-ring (bicyclic) bond motifs is 1. The molecule has 1 saturated heterocycles. The first kappa shape index (κ1) is 16.2. The van der Waals surface area contributed by atoms with Crippen LogP contribution in [0.4, 0.5) is 0 Å². The van der Waals surface area contributed by atoms with E-state index in [4.69, 9.17) is 0 Å². The van der Waals surface area contributed by atoms with Gasteiger partial charge in [-0.2, -0.15) is 5.10 Å². The maximum Gasteiger partial charge on any atom is 0.272 e. The lowest BCUT2D eigenvalue weighted by Gasteiger charge is -2.31. The Morgan fingerprint density at radius 1 is 1.25 bits per heavy atom. The van der Waals surface area contributed by atoms with Crippen LogP contribution in [0, 0.1) is 5.92 Å². The van der Waals surface area contributed by atoms with E-state index in [0.29, 0.717) is 42.4 Å². The Morgan fingerprint density at radius 2 is 1.92 bits per heavy atom. The van der Waals surface area contributed by atoms with Gasteiger partial charge in [0.1, 0.15) is 0 Å². The summed E-state index contributed by atoms with van der Waals surface area (Å²) in [6.07, 6.45) is 1.48. The third-order valence-corrected chi connectivity index (χ3v) is 4.56. The largest absolute Gasteiger partial charge is 0.359 e. The van der Waals surface area contributed by atoms with E-state index < -0.39 is 0 Å². The Labute approximate surface area is 139 Å². The van der Waals surface area contributed by atoms with Gasteiger partial charge in [0.15, 0.2) is 0 Å². The van der Waals surface area contributed by atoms with Crippen LogP contribution < -0.4 is 10.9 Å². The van der Waals surface area contributed by atoms with Crippen molar-refractivity contribution in [3.05, 3.63) is 40.3 Å². The van der Waals surface area contributed by atoms with E-state index in [2.05, 4.69) is 15.5 Å². The Balaban J connectivity index is 1.71. The number of benzene rings is 1. The van der Waals surface area contributed by atoms with Crippen LogP contribution in [0.1, 0.15) is 18.5 Å². The summed E-state index contributed by atoms with van der Waals surface area (Å²) in [7, 11) is 1.63. The molecule has 1 fully saturated rings. The van der Waals surface area contributed by atoms with Gasteiger partial charge >= 0.3 is 0 Å². The maximum atomic E-state index is 12.5. The summed E-state index contributed by atoms with van der Waals surface area (Å²) in [5.41, 5.74) is 0.316. The van der Waals surface area contributed by atoms with Crippen molar-refractivity contribution < 1.29 is 9.59 Å². The van der Waals surface area contributed by atoms with Crippen LogP contribution in [-0.4, -0.2) is 47.0 Å². The quantitative estimate of drug-likeness (QED) is 0.855. The zero-order valence-corrected chi connectivity index (χ0v) is 13.5. The third kappa shape index (κ3) is 3.15. The molecule has 24 heavy (non-hydrogen) atoms. The van der Waals surface area contributed by atoms with E-state index in [1.807, 2.05) is 6.07 Å². The standard InChI is InChI=1S/C17H20N4O3/c1-18-16(23)11-6-8-21(9-7-11)15(22)10-14-12-4-2-3-5-13(12)17(24)20-19-14/h2-5,11H,6-10H2,1H3,(H,18,23)(H,20,24). The molecular formula is C17H20N4O3. The molecule has 0 radical (unpaired) electrons. The van der Waals surface area contributed by atoms with Crippen LogP contribution in [0.2, 0.25) is 0 Å². The molecule has 7 heteroatoms. The average molecular weight is 328 g/mol. The molecule has 2 heterocycles. The van der Waals surface area contributed by atoms with Crippen molar-refractivity contribution in [2.24, 2.45) is 5.92 Å². The topological polar surface area (TPSA) is 95.2 Å². The number of H-pyrrole nitrogens is 1. The molecule has 2 aromatic rings. The Bertz CT molecular complexity index is 822. The lowest BCUT2D eigenvalue weighted by molar-refractivity contribution is -0.135. The number of amides is 2. The van der Waals surface area contributed by atoms with Gasteiger partial charge in [-0.3, -0.25) is 14.4 Å². The van der Waals surface area contributed by atoms with E-state index in [-0.39, 0.29) is 29.7 Å². The van der Waals surface area contributed by atoms with Gasteiger partial charge in [-0.25, -0.2) is 5.10 Å². The summed E-state index contributed by atoms with van der Waals surface area (Å²) in [6, 6.07) is 7.13. The highest BCUT2D eigenvalue weighted by molar-refractivity contribution is 5.88.